The molecule has 5 nitrogen and oxygen atoms in total. The van der Waals surface area contributed by atoms with Gasteiger partial charge < -0.3 is 14.8 Å². The van der Waals surface area contributed by atoms with Crippen LogP contribution in [0.25, 0.3) is 0 Å². The number of rotatable bonds is 5. The highest BCUT2D eigenvalue weighted by Crippen LogP contribution is 2.18. The Bertz CT molecular complexity index is 245. The summed E-state index contributed by atoms with van der Waals surface area (Å²) in [6.07, 6.45) is -0.152. The van der Waals surface area contributed by atoms with Crippen molar-refractivity contribution in [2.24, 2.45) is 5.41 Å². The molecule has 0 radical (unpaired) electrons. The Morgan fingerprint density at radius 2 is 1.81 bits per heavy atom. The van der Waals surface area contributed by atoms with Crippen LogP contribution in [0.3, 0.4) is 0 Å². The molecule has 1 N–H and O–H groups in total. The van der Waals surface area contributed by atoms with Gasteiger partial charge in [0.05, 0.1) is 13.2 Å². The van der Waals surface area contributed by atoms with Crippen LogP contribution in [0.2, 0.25) is 0 Å². The van der Waals surface area contributed by atoms with E-state index in [1.807, 2.05) is 20.8 Å². The molecule has 16 heavy (non-hydrogen) atoms. The molecule has 0 spiro atoms. The zero-order valence-electron chi connectivity index (χ0n) is 10.6. The normalized spacial score (nSPS) is 13.1. The van der Waals surface area contributed by atoms with Gasteiger partial charge in [0.25, 0.3) is 0 Å². The molecule has 1 amide bonds. The topological polar surface area (TPSA) is 64.6 Å². The Hall–Kier alpha value is -1.10. The first-order valence-corrected chi connectivity index (χ1v) is 5.20. The number of Topliss-reactive ketones (excluding diaryl/α,β-unsaturated/α-hetero) is 1. The van der Waals surface area contributed by atoms with Crippen molar-refractivity contribution in [2.45, 2.75) is 33.2 Å². The largest absolute Gasteiger partial charge is 0.453 e. The van der Waals surface area contributed by atoms with E-state index in [1.165, 1.54) is 7.11 Å². The first-order chi connectivity index (χ1) is 7.32. The third-order valence-corrected chi connectivity index (χ3v) is 2.14. The highest BCUT2D eigenvalue weighted by Gasteiger charge is 2.30. The molecular weight excluding hydrogens is 210 g/mol. The van der Waals surface area contributed by atoms with Crippen LogP contribution in [-0.4, -0.2) is 38.7 Å². The standard InChI is InChI=1S/C11H21NO4/c1-11(2,3)9(13)8(6-7-15-4)12-10(14)16-5/h8H,6-7H2,1-5H3,(H,12,14)/t8-/m1/s1. The molecule has 0 unspecified atom stereocenters. The molecule has 0 aromatic heterocycles. The predicted octanol–water partition coefficient (Wildman–Crippen LogP) is 1.36. The van der Waals surface area contributed by atoms with Crippen molar-refractivity contribution < 1.29 is 19.1 Å². The van der Waals surface area contributed by atoms with Gasteiger partial charge in [-0.05, 0) is 6.42 Å². The van der Waals surface area contributed by atoms with Crippen LogP contribution in [0, 0.1) is 5.41 Å². The van der Waals surface area contributed by atoms with Gasteiger partial charge in [-0.2, -0.15) is 0 Å². The van der Waals surface area contributed by atoms with Crippen LogP contribution in [0.1, 0.15) is 27.2 Å². The van der Waals surface area contributed by atoms with Crippen LogP contribution < -0.4 is 5.32 Å². The van der Waals surface area contributed by atoms with E-state index in [2.05, 4.69) is 10.1 Å². The maximum atomic E-state index is 12.0. The number of carbonyl (C=O) groups is 2. The molecule has 0 aliphatic carbocycles. The molecule has 1 atom stereocenters. The third-order valence-electron chi connectivity index (χ3n) is 2.14. The van der Waals surface area contributed by atoms with Gasteiger partial charge in [0.1, 0.15) is 0 Å². The Morgan fingerprint density at radius 1 is 1.25 bits per heavy atom. The van der Waals surface area contributed by atoms with Gasteiger partial charge >= 0.3 is 6.09 Å². The quantitative estimate of drug-likeness (QED) is 0.776. The second kappa shape index (κ2) is 6.48. The van der Waals surface area contributed by atoms with E-state index in [0.717, 1.165) is 0 Å². The molecule has 94 valence electrons. The molecule has 0 fully saturated rings. The first kappa shape index (κ1) is 14.9. The van der Waals surface area contributed by atoms with Crippen LogP contribution in [0.5, 0.6) is 0 Å². The van der Waals surface area contributed by atoms with E-state index in [0.29, 0.717) is 13.0 Å². The molecule has 5 heteroatoms. The lowest BCUT2D eigenvalue weighted by atomic mass is 9.85. The van der Waals surface area contributed by atoms with Crippen molar-refractivity contribution in [1.29, 1.82) is 0 Å². The Labute approximate surface area is 96.5 Å². The third kappa shape index (κ3) is 5.11. The van der Waals surface area contributed by atoms with Crippen LogP contribution in [-0.2, 0) is 14.3 Å². The zero-order valence-corrected chi connectivity index (χ0v) is 10.6. The Kier molecular flexibility index (Phi) is 6.03. The highest BCUT2D eigenvalue weighted by molar-refractivity contribution is 5.91. The lowest BCUT2D eigenvalue weighted by Gasteiger charge is -2.24. The number of ether oxygens (including phenoxy) is 2. The second-order valence-corrected chi connectivity index (χ2v) is 4.58. The fourth-order valence-electron chi connectivity index (χ4n) is 1.23. The summed E-state index contributed by atoms with van der Waals surface area (Å²) in [6.45, 7) is 5.85. The summed E-state index contributed by atoms with van der Waals surface area (Å²) in [5.74, 6) is -0.0325. The molecule has 0 aromatic carbocycles. The van der Waals surface area contributed by atoms with Crippen LogP contribution >= 0.6 is 0 Å². The van der Waals surface area contributed by atoms with Gasteiger partial charge in [0.15, 0.2) is 5.78 Å². The van der Waals surface area contributed by atoms with Crippen molar-refractivity contribution >= 4 is 11.9 Å². The van der Waals surface area contributed by atoms with Gasteiger partial charge in [-0.15, -0.1) is 0 Å². The lowest BCUT2D eigenvalue weighted by Crippen LogP contribution is -2.46. The molecule has 0 aliphatic heterocycles. The summed E-state index contributed by atoms with van der Waals surface area (Å²) in [7, 11) is 2.82. The van der Waals surface area contributed by atoms with Gasteiger partial charge in [0.2, 0.25) is 0 Å². The van der Waals surface area contributed by atoms with E-state index < -0.39 is 17.6 Å². The van der Waals surface area contributed by atoms with E-state index in [1.54, 1.807) is 7.11 Å². The van der Waals surface area contributed by atoms with Crippen LogP contribution in [0.15, 0.2) is 0 Å². The number of nitrogens with one attached hydrogen (secondary N) is 1. The van der Waals surface area contributed by atoms with E-state index in [9.17, 15) is 9.59 Å². The van der Waals surface area contributed by atoms with Crippen molar-refractivity contribution in [3.8, 4) is 0 Å². The number of hydrogen-bond donors (Lipinski definition) is 1. The summed E-state index contributed by atoms with van der Waals surface area (Å²) < 4.78 is 9.39. The lowest BCUT2D eigenvalue weighted by molar-refractivity contribution is -0.128. The minimum atomic E-state index is -0.598. The van der Waals surface area contributed by atoms with Gasteiger partial charge in [-0.3, -0.25) is 4.79 Å². The fraction of sp³-hybridized carbons (Fsp3) is 0.818. The molecule has 0 heterocycles. The van der Waals surface area contributed by atoms with Crippen molar-refractivity contribution in [3.05, 3.63) is 0 Å². The number of ketones is 1. The fourth-order valence-corrected chi connectivity index (χ4v) is 1.23. The van der Waals surface area contributed by atoms with Crippen molar-refractivity contribution in [1.82, 2.24) is 5.32 Å². The first-order valence-electron chi connectivity index (χ1n) is 5.20. The number of amides is 1. The zero-order chi connectivity index (χ0) is 12.8. The monoisotopic (exact) mass is 231 g/mol. The summed E-state index contributed by atoms with van der Waals surface area (Å²) in [6, 6.07) is -0.563. The van der Waals surface area contributed by atoms with Crippen molar-refractivity contribution in [3.63, 3.8) is 0 Å². The summed E-state index contributed by atoms with van der Waals surface area (Å²) in [4.78, 5) is 23.1. The van der Waals surface area contributed by atoms with Crippen molar-refractivity contribution in [2.75, 3.05) is 20.8 Å². The molecule has 0 saturated heterocycles. The molecule has 0 aliphatic rings. The predicted molar refractivity (Wildman–Crippen MR) is 60.3 cm³/mol. The molecule has 0 bridgehead atoms. The summed E-state index contributed by atoms with van der Waals surface area (Å²) in [5, 5.41) is 2.52. The molecule has 0 saturated carbocycles. The summed E-state index contributed by atoms with van der Waals surface area (Å²) >= 11 is 0. The minimum Gasteiger partial charge on any atom is -0.453 e. The molecule has 0 aromatic rings. The van der Waals surface area contributed by atoms with E-state index in [-0.39, 0.29) is 5.78 Å². The maximum absolute atomic E-state index is 12.0. The Balaban J connectivity index is 4.53. The average Bonchev–Trinajstić information content (AvgIpc) is 2.21. The van der Waals surface area contributed by atoms with E-state index in [4.69, 9.17) is 4.74 Å². The van der Waals surface area contributed by atoms with Crippen LogP contribution in [0.4, 0.5) is 4.79 Å². The number of hydrogen-bond acceptors (Lipinski definition) is 4. The number of carbonyl (C=O) groups excluding carboxylic acids is 2. The average molecular weight is 231 g/mol. The van der Waals surface area contributed by atoms with Gasteiger partial charge in [0, 0.05) is 19.1 Å². The molecule has 0 rings (SSSR count). The summed E-state index contributed by atoms with van der Waals surface area (Å²) in [5.41, 5.74) is -0.501. The maximum Gasteiger partial charge on any atom is 0.407 e. The highest BCUT2D eigenvalue weighted by atomic mass is 16.5. The number of alkyl carbamates (subject to hydrolysis) is 1. The Morgan fingerprint density at radius 3 is 2.19 bits per heavy atom. The van der Waals surface area contributed by atoms with Gasteiger partial charge in [-0.1, -0.05) is 20.8 Å². The van der Waals surface area contributed by atoms with E-state index >= 15 is 0 Å². The van der Waals surface area contributed by atoms with Gasteiger partial charge in [-0.25, -0.2) is 4.79 Å². The molecular formula is C11H21NO4. The SMILES string of the molecule is COCC[C@@H](NC(=O)OC)C(=O)C(C)(C)C. The minimum absolute atomic E-state index is 0.0325. The number of methoxy groups -OCH3 is 2. The second-order valence-electron chi connectivity index (χ2n) is 4.58. The smallest absolute Gasteiger partial charge is 0.407 e.